The second-order valence-electron chi connectivity index (χ2n) is 6.66. The average molecular weight is 397 g/mol. The smallest absolute Gasteiger partial charge is 0.226 e. The van der Waals surface area contributed by atoms with Crippen molar-refractivity contribution in [3.8, 4) is 5.75 Å². The monoisotopic (exact) mass is 397 g/mol. The molecule has 0 aliphatic rings. The average Bonchev–Trinajstić information content (AvgIpc) is 2.68. The van der Waals surface area contributed by atoms with Crippen LogP contribution in [0.2, 0.25) is 0 Å². The molecule has 3 amide bonds. The van der Waals surface area contributed by atoms with E-state index in [0.717, 1.165) is 11.3 Å². The van der Waals surface area contributed by atoms with E-state index in [2.05, 4.69) is 10.6 Å². The Labute approximate surface area is 171 Å². The largest absolute Gasteiger partial charge is 0.497 e. The fourth-order valence-corrected chi connectivity index (χ4v) is 2.82. The molecule has 0 heterocycles. The van der Waals surface area contributed by atoms with Crippen LogP contribution in [0.3, 0.4) is 0 Å². The molecule has 0 saturated carbocycles. The zero-order valence-electron chi connectivity index (χ0n) is 17.0. The molecule has 7 heteroatoms. The Hall–Kier alpha value is -3.35. The highest BCUT2D eigenvalue weighted by molar-refractivity contribution is 5.93. The van der Waals surface area contributed by atoms with E-state index in [9.17, 15) is 14.4 Å². The summed E-state index contributed by atoms with van der Waals surface area (Å²) in [4.78, 5) is 37.0. The van der Waals surface area contributed by atoms with Crippen LogP contribution in [0.4, 0.5) is 11.4 Å². The van der Waals surface area contributed by atoms with Crippen molar-refractivity contribution in [1.29, 1.82) is 0 Å². The van der Waals surface area contributed by atoms with Crippen LogP contribution in [0.15, 0.2) is 48.5 Å². The number of anilines is 2. The van der Waals surface area contributed by atoms with Gasteiger partial charge in [-0.3, -0.25) is 14.4 Å². The predicted octanol–water partition coefficient (Wildman–Crippen LogP) is 3.07. The van der Waals surface area contributed by atoms with Crippen molar-refractivity contribution in [2.24, 2.45) is 0 Å². The Morgan fingerprint density at radius 2 is 1.59 bits per heavy atom. The van der Waals surface area contributed by atoms with Crippen molar-refractivity contribution in [2.45, 2.75) is 26.7 Å². The number of rotatable bonds is 9. The van der Waals surface area contributed by atoms with Crippen molar-refractivity contribution in [3.05, 3.63) is 54.1 Å². The van der Waals surface area contributed by atoms with E-state index in [1.54, 1.807) is 36.3 Å². The fraction of sp³-hybridized carbons (Fsp3) is 0.318. The van der Waals surface area contributed by atoms with Gasteiger partial charge in [0.15, 0.2) is 0 Å². The zero-order chi connectivity index (χ0) is 21.2. The first-order chi connectivity index (χ1) is 13.9. The van der Waals surface area contributed by atoms with Crippen LogP contribution in [-0.2, 0) is 20.8 Å². The maximum absolute atomic E-state index is 12.3. The molecule has 2 N–H and O–H groups in total. The van der Waals surface area contributed by atoms with Crippen LogP contribution in [0.25, 0.3) is 0 Å². The third-order valence-electron chi connectivity index (χ3n) is 4.35. The molecule has 0 aliphatic carbocycles. The van der Waals surface area contributed by atoms with Gasteiger partial charge in [-0.25, -0.2) is 0 Å². The molecule has 0 saturated heterocycles. The number of ether oxygens (including phenoxy) is 1. The maximum atomic E-state index is 12.3. The van der Waals surface area contributed by atoms with Gasteiger partial charge in [0.05, 0.1) is 7.11 Å². The van der Waals surface area contributed by atoms with E-state index in [1.807, 2.05) is 24.3 Å². The van der Waals surface area contributed by atoms with Gasteiger partial charge >= 0.3 is 0 Å². The molecule has 0 bridgehead atoms. The van der Waals surface area contributed by atoms with Crippen molar-refractivity contribution in [3.63, 3.8) is 0 Å². The number of methoxy groups -OCH3 is 1. The highest BCUT2D eigenvalue weighted by atomic mass is 16.5. The minimum absolute atomic E-state index is 0.0704. The molecule has 2 rings (SSSR count). The second-order valence-corrected chi connectivity index (χ2v) is 6.66. The first-order valence-electron chi connectivity index (χ1n) is 9.43. The van der Waals surface area contributed by atoms with Gasteiger partial charge in [-0.15, -0.1) is 0 Å². The van der Waals surface area contributed by atoms with Crippen LogP contribution < -0.4 is 15.4 Å². The fourth-order valence-electron chi connectivity index (χ4n) is 2.82. The van der Waals surface area contributed by atoms with E-state index < -0.39 is 0 Å². The van der Waals surface area contributed by atoms with Crippen molar-refractivity contribution in [1.82, 2.24) is 4.90 Å². The summed E-state index contributed by atoms with van der Waals surface area (Å²) >= 11 is 0. The molecule has 0 unspecified atom stereocenters. The number of hydrogen-bond acceptors (Lipinski definition) is 4. The quantitative estimate of drug-likeness (QED) is 0.681. The zero-order valence-corrected chi connectivity index (χ0v) is 17.0. The third kappa shape index (κ3) is 7.65. The summed E-state index contributed by atoms with van der Waals surface area (Å²) in [6.45, 7) is 3.80. The van der Waals surface area contributed by atoms with Crippen LogP contribution in [0, 0.1) is 0 Å². The SMILES string of the molecule is COc1ccc(CCN(CCC(=O)Nc2cccc(NC(C)=O)c2)C(C)=O)cc1. The summed E-state index contributed by atoms with van der Waals surface area (Å²) < 4.78 is 5.14. The van der Waals surface area contributed by atoms with Gasteiger partial charge < -0.3 is 20.3 Å². The lowest BCUT2D eigenvalue weighted by atomic mass is 10.1. The van der Waals surface area contributed by atoms with Crippen LogP contribution in [-0.4, -0.2) is 42.8 Å². The van der Waals surface area contributed by atoms with Gasteiger partial charge in [-0.1, -0.05) is 18.2 Å². The molecule has 2 aromatic carbocycles. The van der Waals surface area contributed by atoms with Gasteiger partial charge in [-0.2, -0.15) is 0 Å². The van der Waals surface area contributed by atoms with Crippen LogP contribution in [0.5, 0.6) is 5.75 Å². The highest BCUT2D eigenvalue weighted by Crippen LogP contribution is 2.15. The first kappa shape index (κ1) is 21.9. The molecule has 0 aliphatic heterocycles. The Morgan fingerprint density at radius 3 is 2.17 bits per heavy atom. The summed E-state index contributed by atoms with van der Waals surface area (Å²) in [5.41, 5.74) is 2.30. The van der Waals surface area contributed by atoms with Crippen molar-refractivity contribution < 1.29 is 19.1 Å². The molecule has 7 nitrogen and oxygen atoms in total. The minimum Gasteiger partial charge on any atom is -0.497 e. The summed E-state index contributed by atoms with van der Waals surface area (Å²) in [6.07, 6.45) is 0.885. The second kappa shape index (κ2) is 10.8. The molecule has 29 heavy (non-hydrogen) atoms. The van der Waals surface area contributed by atoms with Gasteiger partial charge in [0.1, 0.15) is 5.75 Å². The third-order valence-corrected chi connectivity index (χ3v) is 4.35. The lowest BCUT2D eigenvalue weighted by Crippen LogP contribution is -2.33. The lowest BCUT2D eigenvalue weighted by molar-refractivity contribution is -0.129. The topological polar surface area (TPSA) is 87.7 Å². The van der Waals surface area contributed by atoms with E-state index >= 15 is 0 Å². The summed E-state index contributed by atoms with van der Waals surface area (Å²) in [6, 6.07) is 14.6. The number of nitrogens with zero attached hydrogens (tertiary/aromatic N) is 1. The Morgan fingerprint density at radius 1 is 0.931 bits per heavy atom. The standard InChI is InChI=1S/C22H27N3O4/c1-16(26)23-19-5-4-6-20(15-19)24-22(28)12-14-25(17(2)27)13-11-18-7-9-21(29-3)10-8-18/h4-10,15H,11-14H2,1-3H3,(H,23,26)(H,24,28). The number of carbonyl (C=O) groups is 3. The Balaban J connectivity index is 1.85. The first-order valence-corrected chi connectivity index (χ1v) is 9.43. The van der Waals surface area contributed by atoms with Gasteiger partial charge in [0.25, 0.3) is 0 Å². The predicted molar refractivity (Wildman–Crippen MR) is 113 cm³/mol. The Kier molecular flexibility index (Phi) is 8.21. The minimum atomic E-state index is -0.194. The number of nitrogens with one attached hydrogen (secondary N) is 2. The molecule has 2 aromatic rings. The molecule has 0 spiro atoms. The number of carbonyl (C=O) groups excluding carboxylic acids is 3. The number of benzene rings is 2. The van der Waals surface area contributed by atoms with E-state index in [-0.39, 0.29) is 24.1 Å². The lowest BCUT2D eigenvalue weighted by Gasteiger charge is -2.21. The molecule has 154 valence electrons. The molecule has 0 atom stereocenters. The van der Waals surface area contributed by atoms with Gasteiger partial charge in [0.2, 0.25) is 17.7 Å². The highest BCUT2D eigenvalue weighted by Gasteiger charge is 2.12. The summed E-state index contributed by atoms with van der Waals surface area (Å²) in [5.74, 6) is 0.346. The van der Waals surface area contributed by atoms with Gasteiger partial charge in [0, 0.05) is 44.7 Å². The Bertz CT molecular complexity index is 849. The van der Waals surface area contributed by atoms with Crippen molar-refractivity contribution >= 4 is 29.1 Å². The normalized spacial score (nSPS) is 10.2. The van der Waals surface area contributed by atoms with E-state index in [0.29, 0.717) is 30.9 Å². The summed E-state index contributed by atoms with van der Waals surface area (Å²) in [7, 11) is 1.62. The molecule has 0 aromatic heterocycles. The number of hydrogen-bond donors (Lipinski definition) is 2. The molecule has 0 radical (unpaired) electrons. The summed E-state index contributed by atoms with van der Waals surface area (Å²) in [5, 5.41) is 5.47. The molecule has 0 fully saturated rings. The molecular weight excluding hydrogens is 370 g/mol. The van der Waals surface area contributed by atoms with Crippen LogP contribution in [0.1, 0.15) is 25.8 Å². The van der Waals surface area contributed by atoms with E-state index in [1.165, 1.54) is 13.8 Å². The maximum Gasteiger partial charge on any atom is 0.226 e. The van der Waals surface area contributed by atoms with Crippen LogP contribution >= 0.6 is 0 Å². The van der Waals surface area contributed by atoms with E-state index in [4.69, 9.17) is 4.74 Å². The van der Waals surface area contributed by atoms with Gasteiger partial charge in [-0.05, 0) is 42.3 Å². The number of amides is 3. The van der Waals surface area contributed by atoms with Crippen molar-refractivity contribution in [2.75, 3.05) is 30.8 Å². The molecular formula is C22H27N3O4.